The molecule has 0 aliphatic rings. The molecule has 0 spiro atoms. The van der Waals surface area contributed by atoms with Gasteiger partial charge in [0.2, 0.25) is 0 Å². The first kappa shape index (κ1) is 22.5. The van der Waals surface area contributed by atoms with E-state index in [0.717, 1.165) is 5.56 Å². The molecule has 3 aromatic rings. The van der Waals surface area contributed by atoms with Crippen LogP contribution in [0.4, 0.5) is 11.4 Å². The molecule has 3 aromatic carbocycles. The topological polar surface area (TPSA) is 93.7 Å². The standard InChI is InChI=1S/C22H21ClN2O5S/c1-14-7-8-15(23)13-18(14)25-31(27,28)17-11-9-16(10-12-17)24-22(26)21-19(29-2)5-4-6-20(21)30-3/h4-13,25H,1-3H3,(H,24,26). The Labute approximate surface area is 186 Å². The maximum Gasteiger partial charge on any atom is 0.263 e. The number of rotatable bonds is 7. The summed E-state index contributed by atoms with van der Waals surface area (Å²) in [6, 6.07) is 15.8. The Bertz CT molecular complexity index is 1190. The molecule has 1 amide bonds. The fraction of sp³-hybridized carbons (Fsp3) is 0.136. The van der Waals surface area contributed by atoms with E-state index in [4.69, 9.17) is 21.1 Å². The molecule has 0 unspecified atom stereocenters. The first-order valence-corrected chi connectivity index (χ1v) is 11.0. The first-order valence-electron chi connectivity index (χ1n) is 9.16. The second-order valence-electron chi connectivity index (χ2n) is 6.58. The molecule has 0 bridgehead atoms. The smallest absolute Gasteiger partial charge is 0.263 e. The normalized spacial score (nSPS) is 11.0. The second-order valence-corrected chi connectivity index (χ2v) is 8.70. The summed E-state index contributed by atoms with van der Waals surface area (Å²) in [5.41, 5.74) is 1.79. The van der Waals surface area contributed by atoms with Crippen molar-refractivity contribution in [2.24, 2.45) is 0 Å². The molecular weight excluding hydrogens is 440 g/mol. The highest BCUT2D eigenvalue weighted by atomic mass is 35.5. The minimum atomic E-state index is -3.83. The van der Waals surface area contributed by atoms with Gasteiger partial charge in [0.1, 0.15) is 17.1 Å². The molecule has 0 aliphatic carbocycles. The third kappa shape index (κ3) is 5.10. The molecule has 2 N–H and O–H groups in total. The van der Waals surface area contributed by atoms with Crippen molar-refractivity contribution in [2.45, 2.75) is 11.8 Å². The van der Waals surface area contributed by atoms with Crippen LogP contribution in [-0.2, 0) is 10.0 Å². The zero-order chi connectivity index (χ0) is 22.6. The second kappa shape index (κ2) is 9.28. The molecule has 3 rings (SSSR count). The largest absolute Gasteiger partial charge is 0.496 e. The van der Waals surface area contributed by atoms with Gasteiger partial charge < -0.3 is 14.8 Å². The third-order valence-corrected chi connectivity index (χ3v) is 6.14. The van der Waals surface area contributed by atoms with Gasteiger partial charge in [0.25, 0.3) is 15.9 Å². The van der Waals surface area contributed by atoms with Crippen LogP contribution in [0.25, 0.3) is 0 Å². The van der Waals surface area contributed by atoms with Crippen LogP contribution < -0.4 is 19.5 Å². The quantitative estimate of drug-likeness (QED) is 0.532. The van der Waals surface area contributed by atoms with Gasteiger partial charge in [-0.3, -0.25) is 9.52 Å². The van der Waals surface area contributed by atoms with E-state index in [9.17, 15) is 13.2 Å². The number of carbonyl (C=O) groups excluding carboxylic acids is 1. The lowest BCUT2D eigenvalue weighted by Gasteiger charge is -2.14. The highest BCUT2D eigenvalue weighted by Gasteiger charge is 2.19. The third-order valence-electron chi connectivity index (χ3n) is 4.52. The van der Waals surface area contributed by atoms with Gasteiger partial charge in [-0.1, -0.05) is 23.7 Å². The van der Waals surface area contributed by atoms with Crippen molar-refractivity contribution in [3.05, 3.63) is 76.8 Å². The Morgan fingerprint density at radius 1 is 0.935 bits per heavy atom. The average Bonchev–Trinajstić information content (AvgIpc) is 2.75. The molecule has 0 radical (unpaired) electrons. The van der Waals surface area contributed by atoms with Crippen LogP contribution >= 0.6 is 11.6 Å². The van der Waals surface area contributed by atoms with Crippen molar-refractivity contribution < 1.29 is 22.7 Å². The molecule has 0 aromatic heterocycles. The summed E-state index contributed by atoms with van der Waals surface area (Å²) in [7, 11) is -0.916. The Balaban J connectivity index is 1.80. The number of nitrogens with one attached hydrogen (secondary N) is 2. The van der Waals surface area contributed by atoms with Crippen molar-refractivity contribution in [3.63, 3.8) is 0 Å². The number of methoxy groups -OCH3 is 2. The SMILES string of the molecule is COc1cccc(OC)c1C(=O)Nc1ccc(S(=O)(=O)Nc2cc(Cl)ccc2C)cc1. The van der Waals surface area contributed by atoms with Gasteiger partial charge in [-0.15, -0.1) is 0 Å². The Morgan fingerprint density at radius 3 is 2.13 bits per heavy atom. The number of benzene rings is 3. The fourth-order valence-electron chi connectivity index (χ4n) is 2.89. The predicted octanol–water partition coefficient (Wildman–Crippen LogP) is 4.72. The lowest BCUT2D eigenvalue weighted by Crippen LogP contribution is -2.16. The van der Waals surface area contributed by atoms with Crippen molar-refractivity contribution in [2.75, 3.05) is 24.3 Å². The highest BCUT2D eigenvalue weighted by Crippen LogP contribution is 2.29. The zero-order valence-corrected chi connectivity index (χ0v) is 18.7. The average molecular weight is 461 g/mol. The number of amides is 1. The number of carbonyl (C=O) groups is 1. The summed E-state index contributed by atoms with van der Waals surface area (Å²) in [6.45, 7) is 1.78. The van der Waals surface area contributed by atoms with Crippen LogP contribution in [0.15, 0.2) is 65.6 Å². The summed E-state index contributed by atoms with van der Waals surface area (Å²) in [6.07, 6.45) is 0. The van der Waals surface area contributed by atoms with E-state index in [0.29, 0.717) is 27.9 Å². The molecule has 0 saturated carbocycles. The maximum atomic E-state index is 12.8. The monoisotopic (exact) mass is 460 g/mol. The molecule has 0 aliphatic heterocycles. The van der Waals surface area contributed by atoms with E-state index in [1.165, 1.54) is 38.5 Å². The summed E-state index contributed by atoms with van der Waals surface area (Å²) < 4.78 is 38.4. The fourth-order valence-corrected chi connectivity index (χ4v) is 4.19. The molecule has 9 heteroatoms. The lowest BCUT2D eigenvalue weighted by molar-refractivity contribution is 0.102. The van der Waals surface area contributed by atoms with Crippen LogP contribution in [0.1, 0.15) is 15.9 Å². The van der Waals surface area contributed by atoms with Crippen molar-refractivity contribution in [3.8, 4) is 11.5 Å². The van der Waals surface area contributed by atoms with Gasteiger partial charge in [0, 0.05) is 10.7 Å². The van der Waals surface area contributed by atoms with Gasteiger partial charge in [-0.05, 0) is 61.0 Å². The van der Waals surface area contributed by atoms with Crippen LogP contribution in [-0.4, -0.2) is 28.5 Å². The Hall–Kier alpha value is -3.23. The van der Waals surface area contributed by atoms with Crippen LogP contribution in [0.5, 0.6) is 11.5 Å². The number of halogens is 1. The molecule has 0 atom stereocenters. The van der Waals surface area contributed by atoms with Crippen LogP contribution in [0, 0.1) is 6.92 Å². The number of hydrogen-bond donors (Lipinski definition) is 2. The Kier molecular flexibility index (Phi) is 6.72. The number of sulfonamides is 1. The zero-order valence-electron chi connectivity index (χ0n) is 17.1. The lowest BCUT2D eigenvalue weighted by atomic mass is 10.1. The summed E-state index contributed by atoms with van der Waals surface area (Å²) in [5.74, 6) is 0.270. The van der Waals surface area contributed by atoms with E-state index < -0.39 is 15.9 Å². The van der Waals surface area contributed by atoms with Gasteiger partial charge in [-0.2, -0.15) is 0 Å². The minimum absolute atomic E-state index is 0.0414. The van der Waals surface area contributed by atoms with Crippen LogP contribution in [0.2, 0.25) is 5.02 Å². The number of anilines is 2. The number of aryl methyl sites for hydroxylation is 1. The Morgan fingerprint density at radius 2 is 1.55 bits per heavy atom. The molecule has 7 nitrogen and oxygen atoms in total. The highest BCUT2D eigenvalue weighted by molar-refractivity contribution is 7.92. The first-order chi connectivity index (χ1) is 14.7. The summed E-state index contributed by atoms with van der Waals surface area (Å²) in [4.78, 5) is 12.8. The van der Waals surface area contributed by atoms with Crippen molar-refractivity contribution in [1.29, 1.82) is 0 Å². The van der Waals surface area contributed by atoms with E-state index >= 15 is 0 Å². The van der Waals surface area contributed by atoms with Gasteiger partial charge >= 0.3 is 0 Å². The summed E-state index contributed by atoms with van der Waals surface area (Å²) >= 11 is 5.96. The molecule has 0 saturated heterocycles. The number of ether oxygens (including phenoxy) is 2. The van der Waals surface area contributed by atoms with Crippen molar-refractivity contribution in [1.82, 2.24) is 0 Å². The molecule has 31 heavy (non-hydrogen) atoms. The van der Waals surface area contributed by atoms with Gasteiger partial charge in [0.05, 0.1) is 24.8 Å². The van der Waals surface area contributed by atoms with E-state index in [1.54, 1.807) is 43.3 Å². The van der Waals surface area contributed by atoms with Gasteiger partial charge in [0.15, 0.2) is 0 Å². The minimum Gasteiger partial charge on any atom is -0.496 e. The van der Waals surface area contributed by atoms with E-state index in [1.807, 2.05) is 0 Å². The maximum absolute atomic E-state index is 12.8. The molecule has 0 heterocycles. The molecular formula is C22H21ClN2O5S. The number of hydrogen-bond acceptors (Lipinski definition) is 5. The van der Waals surface area contributed by atoms with Crippen LogP contribution in [0.3, 0.4) is 0 Å². The van der Waals surface area contributed by atoms with E-state index in [2.05, 4.69) is 10.0 Å². The molecule has 0 fully saturated rings. The van der Waals surface area contributed by atoms with E-state index in [-0.39, 0.29) is 10.5 Å². The predicted molar refractivity (Wildman–Crippen MR) is 121 cm³/mol. The van der Waals surface area contributed by atoms with Gasteiger partial charge in [-0.25, -0.2) is 8.42 Å². The summed E-state index contributed by atoms with van der Waals surface area (Å²) in [5, 5.41) is 3.15. The molecule has 162 valence electrons. The van der Waals surface area contributed by atoms with Crippen molar-refractivity contribution >= 4 is 38.9 Å².